The van der Waals surface area contributed by atoms with Gasteiger partial charge >= 0.3 is 0 Å². The van der Waals surface area contributed by atoms with Gasteiger partial charge in [-0.25, -0.2) is 0 Å². The average molecular weight is 783 g/mol. The predicted octanol–water partition coefficient (Wildman–Crippen LogP) is 11.6. The summed E-state index contributed by atoms with van der Waals surface area (Å²) >= 11 is 5.49. The Hall–Kier alpha value is -1.03. The molecule has 0 bridgehead atoms. The van der Waals surface area contributed by atoms with E-state index in [1.165, 1.54) is 167 Å². The van der Waals surface area contributed by atoms with Gasteiger partial charge in [0.15, 0.2) is 0 Å². The molecule has 0 spiro atoms. The molecule has 0 aliphatic carbocycles. The molecule has 3 N–H and O–H groups in total. The molecule has 7 nitrogen and oxygen atoms in total. The second kappa shape index (κ2) is 46.4. The van der Waals surface area contributed by atoms with E-state index in [-0.39, 0.29) is 19.3 Å². The van der Waals surface area contributed by atoms with Crippen molar-refractivity contribution in [3.63, 3.8) is 0 Å². The molecule has 0 saturated carbocycles. The number of thiocarbonyl (C=S) groups is 1. The molecule has 0 radical (unpaired) electrons. The van der Waals surface area contributed by atoms with Crippen LogP contribution in [0.1, 0.15) is 194 Å². The number of aliphatic hydroxyl groups is 2. The van der Waals surface area contributed by atoms with Crippen molar-refractivity contribution in [1.29, 1.82) is 0 Å². The highest BCUT2D eigenvalue weighted by Crippen LogP contribution is 2.12. The molecule has 0 aliphatic rings. The first-order valence-corrected chi connectivity index (χ1v) is 23.4. The van der Waals surface area contributed by atoms with E-state index in [1.807, 2.05) is 4.90 Å². The molecule has 8 heteroatoms. The summed E-state index contributed by atoms with van der Waals surface area (Å²) in [7, 11) is 0. The number of nitrogens with one attached hydrogen (secondary N) is 1. The Morgan fingerprint density at radius 3 is 1.24 bits per heavy atom. The molecule has 320 valence electrons. The minimum absolute atomic E-state index is 0.0612. The smallest absolute Gasteiger partial charge is 0.257 e. The number of nitrogens with zero attached hydrogens (tertiary/aromatic N) is 1. The molecule has 0 aromatic carbocycles. The molecule has 0 atom stereocenters. The zero-order valence-corrected chi connectivity index (χ0v) is 36.5. The lowest BCUT2D eigenvalue weighted by Crippen LogP contribution is -2.40. The van der Waals surface area contributed by atoms with Crippen molar-refractivity contribution in [3.05, 3.63) is 24.3 Å². The lowest BCUT2D eigenvalue weighted by molar-refractivity contribution is -0.0138. The van der Waals surface area contributed by atoms with Crippen LogP contribution in [0.2, 0.25) is 0 Å². The third kappa shape index (κ3) is 42.1. The quantitative estimate of drug-likeness (QED) is 0.0320. The van der Waals surface area contributed by atoms with Crippen LogP contribution in [0, 0.1) is 0 Å². The fourth-order valence-electron chi connectivity index (χ4n) is 6.58. The normalized spacial score (nSPS) is 12.0. The van der Waals surface area contributed by atoms with Gasteiger partial charge in [-0.05, 0) is 76.4 Å². The van der Waals surface area contributed by atoms with Crippen molar-refractivity contribution in [2.24, 2.45) is 0 Å². The number of hydrogen-bond donors (Lipinski definition) is 3. The van der Waals surface area contributed by atoms with Crippen LogP contribution in [0.25, 0.3) is 0 Å². The van der Waals surface area contributed by atoms with Crippen LogP contribution >= 0.6 is 12.2 Å². The minimum atomic E-state index is -0.251. The van der Waals surface area contributed by atoms with Gasteiger partial charge in [0.25, 0.3) is 5.17 Å². The van der Waals surface area contributed by atoms with E-state index in [0.29, 0.717) is 44.6 Å². The van der Waals surface area contributed by atoms with E-state index in [2.05, 4.69) is 43.5 Å². The third-order valence-corrected chi connectivity index (χ3v) is 10.3. The molecule has 0 aromatic heterocycles. The molecule has 0 fully saturated rings. The number of ether oxygens (including phenoxy) is 3. The summed E-state index contributed by atoms with van der Waals surface area (Å²) in [6.07, 6.45) is 45.7. The average Bonchev–Trinajstić information content (AvgIpc) is 3.17. The fourth-order valence-corrected chi connectivity index (χ4v) is 6.81. The molecular weight excluding hydrogens is 693 g/mol. The number of rotatable bonds is 44. The van der Waals surface area contributed by atoms with Gasteiger partial charge in [-0.3, -0.25) is 4.90 Å². The highest BCUT2D eigenvalue weighted by Gasteiger charge is 2.14. The van der Waals surface area contributed by atoms with Gasteiger partial charge in [0.1, 0.15) is 6.10 Å². The van der Waals surface area contributed by atoms with Crippen LogP contribution in [0.5, 0.6) is 0 Å². The second-order valence-corrected chi connectivity index (χ2v) is 15.6. The summed E-state index contributed by atoms with van der Waals surface area (Å²) in [6, 6.07) is 0. The maximum absolute atomic E-state index is 9.26. The lowest BCUT2D eigenvalue weighted by atomic mass is 10.1. The van der Waals surface area contributed by atoms with Crippen LogP contribution in [0.15, 0.2) is 24.3 Å². The predicted molar refractivity (Wildman–Crippen MR) is 237 cm³/mol. The molecule has 0 aliphatic heterocycles. The molecule has 0 saturated heterocycles. The lowest BCUT2D eigenvalue weighted by Gasteiger charge is -2.23. The van der Waals surface area contributed by atoms with Crippen molar-refractivity contribution in [3.8, 4) is 0 Å². The van der Waals surface area contributed by atoms with Gasteiger partial charge < -0.3 is 29.7 Å². The zero-order chi connectivity index (χ0) is 39.3. The van der Waals surface area contributed by atoms with Gasteiger partial charge in [-0.15, -0.1) is 0 Å². The molecule has 0 amide bonds. The summed E-state index contributed by atoms with van der Waals surface area (Å²) in [5, 5.41) is 22.0. The Balaban J connectivity index is 4.12. The Morgan fingerprint density at radius 1 is 0.519 bits per heavy atom. The Bertz CT molecular complexity index is 747. The first kappa shape index (κ1) is 53.0. The third-order valence-electron chi connectivity index (χ3n) is 10.0. The van der Waals surface area contributed by atoms with Crippen molar-refractivity contribution >= 4 is 17.4 Å². The Morgan fingerprint density at radius 2 is 0.870 bits per heavy atom. The number of allylic oxidation sites excluding steroid dienone is 4. The van der Waals surface area contributed by atoms with Crippen LogP contribution in [-0.2, 0) is 14.2 Å². The molecule has 0 heterocycles. The summed E-state index contributed by atoms with van der Waals surface area (Å²) < 4.78 is 18.1. The topological polar surface area (TPSA) is 83.4 Å². The van der Waals surface area contributed by atoms with Crippen molar-refractivity contribution in [2.45, 2.75) is 200 Å². The van der Waals surface area contributed by atoms with Gasteiger partial charge in [0.2, 0.25) is 0 Å². The van der Waals surface area contributed by atoms with Crippen molar-refractivity contribution < 1.29 is 24.4 Å². The Labute approximate surface area is 340 Å². The van der Waals surface area contributed by atoms with E-state index < -0.39 is 0 Å². The van der Waals surface area contributed by atoms with E-state index >= 15 is 0 Å². The summed E-state index contributed by atoms with van der Waals surface area (Å²) in [5.74, 6) is 0. The van der Waals surface area contributed by atoms with Gasteiger partial charge in [-0.2, -0.15) is 0 Å². The summed E-state index contributed by atoms with van der Waals surface area (Å²) in [5.41, 5.74) is 0. The van der Waals surface area contributed by atoms with Crippen LogP contribution in [-0.4, -0.2) is 92.2 Å². The van der Waals surface area contributed by atoms with E-state index in [1.54, 1.807) is 0 Å². The largest absolute Gasteiger partial charge is 0.463 e. The second-order valence-electron chi connectivity index (χ2n) is 15.3. The summed E-state index contributed by atoms with van der Waals surface area (Å²) in [6.45, 7) is 9.34. The standard InChI is InChI=1S/C46H90N2O5S/c1-3-5-7-9-11-13-15-17-19-21-23-25-27-29-31-33-41-51-43-45(53-46(54)47-35-36-48(37-39-49)38-40-50)44-52-42-34-32-30-28-26-24-22-20-18-16-14-12-10-8-6-4-2/h17-20,45,49-50H,3-16,21-44H2,1-2H3,(H,47,54)/b19-17-,20-18-. The molecule has 0 rings (SSSR count). The van der Waals surface area contributed by atoms with Gasteiger partial charge in [0, 0.05) is 39.4 Å². The first-order chi connectivity index (χ1) is 26.7. The van der Waals surface area contributed by atoms with Crippen molar-refractivity contribution in [2.75, 3.05) is 65.8 Å². The van der Waals surface area contributed by atoms with E-state index in [0.717, 1.165) is 26.1 Å². The molecule has 0 aromatic rings. The van der Waals surface area contributed by atoms with Crippen molar-refractivity contribution in [1.82, 2.24) is 10.2 Å². The van der Waals surface area contributed by atoms with Crippen LogP contribution in [0.4, 0.5) is 0 Å². The van der Waals surface area contributed by atoms with E-state index in [4.69, 9.17) is 26.4 Å². The minimum Gasteiger partial charge on any atom is -0.463 e. The maximum Gasteiger partial charge on any atom is 0.257 e. The zero-order valence-electron chi connectivity index (χ0n) is 35.7. The van der Waals surface area contributed by atoms with E-state index in [9.17, 15) is 10.2 Å². The number of hydrogen-bond acceptors (Lipinski definition) is 7. The number of unbranched alkanes of at least 4 members (excludes halogenated alkanes) is 24. The highest BCUT2D eigenvalue weighted by molar-refractivity contribution is 7.80. The summed E-state index contributed by atoms with van der Waals surface area (Å²) in [4.78, 5) is 1.99. The SMILES string of the molecule is CCCCCCCC/C=C\CCCCCCCCOCC(COCCCCCCCC/C=C\CCCCCCCC)OC(=S)NCCN(CCO)CCO. The molecule has 54 heavy (non-hydrogen) atoms. The Kier molecular flexibility index (Phi) is 45.5. The van der Waals surface area contributed by atoms with Gasteiger partial charge in [0.05, 0.1) is 26.4 Å². The molecule has 0 unspecified atom stereocenters. The van der Waals surface area contributed by atoms with Crippen LogP contribution < -0.4 is 5.32 Å². The maximum atomic E-state index is 9.26. The highest BCUT2D eigenvalue weighted by atomic mass is 32.1. The number of aliphatic hydroxyl groups excluding tert-OH is 2. The molecular formula is C46H90N2O5S. The fraction of sp³-hybridized carbons (Fsp3) is 0.891. The van der Waals surface area contributed by atoms with Gasteiger partial charge in [-0.1, -0.05) is 154 Å². The van der Waals surface area contributed by atoms with Crippen LogP contribution in [0.3, 0.4) is 0 Å². The monoisotopic (exact) mass is 783 g/mol. The first-order valence-electron chi connectivity index (χ1n) is 23.0.